The highest BCUT2D eigenvalue weighted by molar-refractivity contribution is 5.88. The van der Waals surface area contributed by atoms with Gasteiger partial charge in [-0.25, -0.2) is 4.79 Å². The summed E-state index contributed by atoms with van der Waals surface area (Å²) >= 11 is 0. The van der Waals surface area contributed by atoms with Gasteiger partial charge in [-0.1, -0.05) is 12.1 Å². The number of aryl methyl sites for hydroxylation is 1. The van der Waals surface area contributed by atoms with E-state index in [1.165, 1.54) is 0 Å². The Morgan fingerprint density at radius 3 is 3.05 bits per heavy atom. The summed E-state index contributed by atoms with van der Waals surface area (Å²) < 4.78 is 3.44. The number of anilines is 1. The predicted octanol–water partition coefficient (Wildman–Crippen LogP) is 0.425. The van der Waals surface area contributed by atoms with E-state index in [1.807, 2.05) is 0 Å². The largest absolute Gasteiger partial charge is 0.394 e. The average molecular weight is 305 g/mol. The molecular weight excluding hydrogens is 286 g/mol. The molecule has 0 bridgehead atoms. The van der Waals surface area contributed by atoms with Crippen molar-refractivity contribution in [3.8, 4) is 0 Å². The van der Waals surface area contributed by atoms with Gasteiger partial charge in [-0.3, -0.25) is 14.7 Å². The zero-order valence-corrected chi connectivity index (χ0v) is 12.4. The lowest BCUT2D eigenvalue weighted by Crippen LogP contribution is -2.31. The second-order valence-electron chi connectivity index (χ2n) is 5.22. The van der Waals surface area contributed by atoms with Gasteiger partial charge in [-0.2, -0.15) is 5.10 Å². The molecule has 2 amide bonds. The molecule has 0 aromatic carbocycles. The highest BCUT2D eigenvalue weighted by Gasteiger charge is 2.27. The van der Waals surface area contributed by atoms with E-state index in [4.69, 9.17) is 5.11 Å². The Morgan fingerprint density at radius 1 is 1.41 bits per heavy atom. The topological polar surface area (TPSA) is 101 Å². The van der Waals surface area contributed by atoms with E-state index in [0.717, 1.165) is 24.2 Å². The van der Waals surface area contributed by atoms with E-state index in [2.05, 4.69) is 27.7 Å². The third-order valence-electron chi connectivity index (χ3n) is 3.56. The fraction of sp³-hybridized carbons (Fsp3) is 0.538. The molecule has 0 spiro atoms. The molecule has 0 fully saturated rings. The number of aromatic nitrogens is 5. The van der Waals surface area contributed by atoms with Crippen LogP contribution in [0.1, 0.15) is 24.6 Å². The van der Waals surface area contributed by atoms with Crippen molar-refractivity contribution in [2.75, 3.05) is 11.9 Å². The van der Waals surface area contributed by atoms with E-state index >= 15 is 0 Å². The number of nitrogens with one attached hydrogen (secondary N) is 1. The first-order chi connectivity index (χ1) is 10.7. The third kappa shape index (κ3) is 2.80. The fourth-order valence-corrected chi connectivity index (χ4v) is 2.52. The molecule has 0 radical (unpaired) electrons. The molecule has 1 aliphatic rings. The molecular formula is C13H19N7O2. The van der Waals surface area contributed by atoms with Crippen LogP contribution in [0.2, 0.25) is 0 Å². The van der Waals surface area contributed by atoms with Crippen molar-refractivity contribution in [3.63, 3.8) is 0 Å². The van der Waals surface area contributed by atoms with Crippen molar-refractivity contribution in [3.05, 3.63) is 23.7 Å². The van der Waals surface area contributed by atoms with Crippen LogP contribution in [0.15, 0.2) is 12.4 Å². The second kappa shape index (κ2) is 6.14. The summed E-state index contributed by atoms with van der Waals surface area (Å²) in [6.45, 7) is 4.28. The van der Waals surface area contributed by atoms with E-state index < -0.39 is 0 Å². The Bertz CT molecular complexity index is 663. The van der Waals surface area contributed by atoms with Gasteiger partial charge in [0.25, 0.3) is 0 Å². The van der Waals surface area contributed by atoms with Crippen LogP contribution in [-0.2, 0) is 26.2 Å². The molecule has 0 atom stereocenters. The lowest BCUT2D eigenvalue weighted by atomic mass is 10.3. The van der Waals surface area contributed by atoms with Gasteiger partial charge in [0, 0.05) is 12.1 Å². The third-order valence-corrected chi connectivity index (χ3v) is 3.56. The van der Waals surface area contributed by atoms with Crippen LogP contribution in [0.25, 0.3) is 0 Å². The normalized spacial score (nSPS) is 13.5. The maximum Gasteiger partial charge on any atom is 0.323 e. The number of rotatable bonds is 5. The molecule has 0 saturated carbocycles. The van der Waals surface area contributed by atoms with Crippen molar-refractivity contribution in [1.29, 1.82) is 0 Å². The number of amides is 2. The summed E-state index contributed by atoms with van der Waals surface area (Å²) in [5.74, 6) is 0.450. The van der Waals surface area contributed by atoms with Crippen molar-refractivity contribution >= 4 is 11.8 Å². The molecule has 2 aromatic heterocycles. The minimum absolute atomic E-state index is 0.0286. The van der Waals surface area contributed by atoms with Crippen LogP contribution in [0, 0.1) is 0 Å². The maximum atomic E-state index is 12.3. The SMILES string of the molecule is CCCn1cc(NC(=O)N2Cc3cnn(CCO)c3C2)nn1. The molecule has 3 rings (SSSR count). The van der Waals surface area contributed by atoms with E-state index in [0.29, 0.717) is 25.5 Å². The van der Waals surface area contributed by atoms with Crippen LogP contribution < -0.4 is 5.32 Å². The van der Waals surface area contributed by atoms with Gasteiger partial charge < -0.3 is 10.0 Å². The fourth-order valence-electron chi connectivity index (χ4n) is 2.52. The second-order valence-corrected chi connectivity index (χ2v) is 5.22. The number of urea groups is 1. The number of carbonyl (C=O) groups is 1. The Morgan fingerprint density at radius 2 is 2.27 bits per heavy atom. The molecule has 2 aromatic rings. The standard InChI is InChI=1S/C13H19N7O2/c1-2-3-19-9-12(16-17-19)15-13(22)18-7-10-6-14-20(4-5-21)11(10)8-18/h6,9,21H,2-5,7-8H2,1H3,(H,15,22). The molecule has 118 valence electrons. The average Bonchev–Trinajstić information content (AvgIpc) is 3.17. The molecule has 9 nitrogen and oxygen atoms in total. The smallest absolute Gasteiger partial charge is 0.323 e. The van der Waals surface area contributed by atoms with Gasteiger partial charge in [-0.05, 0) is 6.42 Å². The molecule has 1 aliphatic heterocycles. The first kappa shape index (κ1) is 14.5. The first-order valence-corrected chi connectivity index (χ1v) is 7.31. The Balaban J connectivity index is 1.62. The Hall–Kier alpha value is -2.42. The van der Waals surface area contributed by atoms with Crippen molar-refractivity contribution in [2.24, 2.45) is 0 Å². The molecule has 3 heterocycles. The maximum absolute atomic E-state index is 12.3. The van der Waals surface area contributed by atoms with Crippen molar-refractivity contribution in [1.82, 2.24) is 29.7 Å². The molecule has 9 heteroatoms. The van der Waals surface area contributed by atoms with Crippen LogP contribution in [0.3, 0.4) is 0 Å². The predicted molar refractivity (Wildman–Crippen MR) is 77.9 cm³/mol. The summed E-state index contributed by atoms with van der Waals surface area (Å²) in [6, 6.07) is -0.213. The summed E-state index contributed by atoms with van der Waals surface area (Å²) in [5.41, 5.74) is 1.98. The van der Waals surface area contributed by atoms with Crippen LogP contribution in [0.4, 0.5) is 10.6 Å². The highest BCUT2D eigenvalue weighted by Crippen LogP contribution is 2.23. The Labute approximate surface area is 127 Å². The summed E-state index contributed by atoms with van der Waals surface area (Å²) in [7, 11) is 0. The van der Waals surface area contributed by atoms with Crippen molar-refractivity contribution in [2.45, 2.75) is 39.5 Å². The number of hydrogen-bond donors (Lipinski definition) is 2. The summed E-state index contributed by atoms with van der Waals surface area (Å²) in [4.78, 5) is 14.0. The minimum atomic E-state index is -0.213. The van der Waals surface area contributed by atoms with Crippen LogP contribution in [0.5, 0.6) is 0 Å². The number of carbonyl (C=O) groups excluding carboxylic acids is 1. The van der Waals surface area contributed by atoms with Crippen molar-refractivity contribution < 1.29 is 9.90 Å². The number of aliphatic hydroxyl groups is 1. The number of aliphatic hydroxyl groups excluding tert-OH is 1. The van der Waals surface area contributed by atoms with Gasteiger partial charge in [0.2, 0.25) is 0 Å². The quantitative estimate of drug-likeness (QED) is 0.834. The van der Waals surface area contributed by atoms with E-state index in [-0.39, 0.29) is 12.6 Å². The van der Waals surface area contributed by atoms with Crippen LogP contribution >= 0.6 is 0 Å². The van der Waals surface area contributed by atoms with Gasteiger partial charge in [0.15, 0.2) is 5.82 Å². The zero-order chi connectivity index (χ0) is 15.5. The molecule has 2 N–H and O–H groups in total. The number of nitrogens with zero attached hydrogens (tertiary/aromatic N) is 6. The highest BCUT2D eigenvalue weighted by atomic mass is 16.3. The monoisotopic (exact) mass is 305 g/mol. The van der Waals surface area contributed by atoms with E-state index in [1.54, 1.807) is 26.7 Å². The summed E-state index contributed by atoms with van der Waals surface area (Å²) in [6.07, 6.45) is 4.42. The van der Waals surface area contributed by atoms with E-state index in [9.17, 15) is 4.79 Å². The lowest BCUT2D eigenvalue weighted by molar-refractivity contribution is 0.210. The lowest BCUT2D eigenvalue weighted by Gasteiger charge is -2.15. The Kier molecular flexibility index (Phi) is 4.05. The molecule has 0 unspecified atom stereocenters. The number of hydrogen-bond acceptors (Lipinski definition) is 5. The molecule has 22 heavy (non-hydrogen) atoms. The molecule has 0 aliphatic carbocycles. The van der Waals surface area contributed by atoms with Gasteiger partial charge in [0.1, 0.15) is 0 Å². The van der Waals surface area contributed by atoms with Gasteiger partial charge in [0.05, 0.1) is 44.3 Å². The first-order valence-electron chi connectivity index (χ1n) is 7.31. The minimum Gasteiger partial charge on any atom is -0.394 e. The summed E-state index contributed by atoms with van der Waals surface area (Å²) in [5, 5.41) is 23.8. The molecule has 0 saturated heterocycles. The van der Waals surface area contributed by atoms with Crippen LogP contribution in [-0.4, -0.2) is 47.4 Å². The zero-order valence-electron chi connectivity index (χ0n) is 12.4. The number of fused-ring (bicyclic) bond motifs is 1. The van der Waals surface area contributed by atoms with Gasteiger partial charge in [-0.15, -0.1) is 5.10 Å². The van der Waals surface area contributed by atoms with Gasteiger partial charge >= 0.3 is 6.03 Å².